The van der Waals surface area contributed by atoms with Crippen molar-refractivity contribution in [3.63, 3.8) is 0 Å². The molecule has 0 aliphatic heterocycles. The quantitative estimate of drug-likeness (QED) is 0.422. The molecule has 118 valence electrons. The molecule has 1 saturated carbocycles. The minimum atomic E-state index is 0.765. The number of aryl methyl sites for hydroxylation is 1. The molecule has 6 heteroatoms. The van der Waals surface area contributed by atoms with Gasteiger partial charge in [-0.05, 0) is 31.2 Å². The molecule has 1 N–H and O–H groups in total. The van der Waals surface area contributed by atoms with E-state index in [2.05, 4.69) is 20.3 Å². The van der Waals surface area contributed by atoms with E-state index < -0.39 is 0 Å². The van der Waals surface area contributed by atoms with Gasteiger partial charge in [0.15, 0.2) is 5.96 Å². The average molecular weight is 293 g/mol. The molecule has 0 amide bonds. The largest absolute Gasteiger partial charge is 0.379 e. The van der Waals surface area contributed by atoms with Crippen LogP contribution in [0.3, 0.4) is 0 Å². The van der Waals surface area contributed by atoms with Gasteiger partial charge in [0, 0.05) is 52.7 Å². The third-order valence-corrected chi connectivity index (χ3v) is 3.60. The van der Waals surface area contributed by atoms with E-state index in [-0.39, 0.29) is 0 Å². The Labute approximate surface area is 127 Å². The third kappa shape index (κ3) is 6.16. The van der Waals surface area contributed by atoms with Crippen LogP contribution in [0, 0.1) is 5.92 Å². The van der Waals surface area contributed by atoms with Gasteiger partial charge in [0.25, 0.3) is 0 Å². The molecular formula is C15H27N5O. The summed E-state index contributed by atoms with van der Waals surface area (Å²) in [5, 5.41) is 7.56. The first-order valence-corrected chi connectivity index (χ1v) is 7.76. The highest BCUT2D eigenvalue weighted by molar-refractivity contribution is 5.79. The fourth-order valence-corrected chi connectivity index (χ4v) is 2.10. The highest BCUT2D eigenvalue weighted by atomic mass is 16.5. The molecule has 21 heavy (non-hydrogen) atoms. The van der Waals surface area contributed by atoms with Crippen molar-refractivity contribution < 1.29 is 4.74 Å². The van der Waals surface area contributed by atoms with Crippen LogP contribution in [0.15, 0.2) is 23.5 Å². The van der Waals surface area contributed by atoms with Gasteiger partial charge in [0.05, 0.1) is 6.61 Å². The van der Waals surface area contributed by atoms with Gasteiger partial charge in [0.1, 0.15) is 0 Å². The smallest absolute Gasteiger partial charge is 0.193 e. The van der Waals surface area contributed by atoms with E-state index in [1.807, 2.05) is 37.2 Å². The van der Waals surface area contributed by atoms with Crippen LogP contribution in [0.4, 0.5) is 0 Å². The Morgan fingerprint density at radius 2 is 2.38 bits per heavy atom. The fourth-order valence-electron chi connectivity index (χ4n) is 2.10. The van der Waals surface area contributed by atoms with Crippen LogP contribution in [0.5, 0.6) is 0 Å². The minimum Gasteiger partial charge on any atom is -0.379 e. The molecular weight excluding hydrogens is 266 g/mol. The number of likely N-dealkylation sites (N-methyl/N-ethyl adjacent to an activating group) is 1. The van der Waals surface area contributed by atoms with Gasteiger partial charge < -0.3 is 15.0 Å². The number of hydrogen-bond donors (Lipinski definition) is 1. The number of nitrogens with one attached hydrogen (secondary N) is 1. The van der Waals surface area contributed by atoms with E-state index in [1.54, 1.807) is 0 Å². The molecule has 1 fully saturated rings. The van der Waals surface area contributed by atoms with Crippen molar-refractivity contribution in [3.8, 4) is 0 Å². The van der Waals surface area contributed by atoms with E-state index in [1.165, 1.54) is 12.8 Å². The molecule has 1 heterocycles. The number of guanidine groups is 1. The van der Waals surface area contributed by atoms with Gasteiger partial charge >= 0.3 is 0 Å². The van der Waals surface area contributed by atoms with Crippen molar-refractivity contribution in [2.24, 2.45) is 10.9 Å². The number of aromatic nitrogens is 2. The van der Waals surface area contributed by atoms with E-state index in [9.17, 15) is 0 Å². The maximum atomic E-state index is 5.66. The monoisotopic (exact) mass is 293 g/mol. The molecule has 0 radical (unpaired) electrons. The number of rotatable bonds is 9. The number of ether oxygens (including phenoxy) is 1. The second kappa shape index (κ2) is 8.67. The van der Waals surface area contributed by atoms with Gasteiger partial charge in [-0.25, -0.2) is 0 Å². The van der Waals surface area contributed by atoms with Gasteiger partial charge in [0.2, 0.25) is 0 Å². The van der Waals surface area contributed by atoms with Gasteiger partial charge in [-0.2, -0.15) is 5.10 Å². The number of aliphatic imine (C=N–C) groups is 1. The normalized spacial score (nSPS) is 15.2. The van der Waals surface area contributed by atoms with Crippen LogP contribution >= 0.6 is 0 Å². The Bertz CT molecular complexity index is 414. The summed E-state index contributed by atoms with van der Waals surface area (Å²) < 4.78 is 7.61. The zero-order valence-corrected chi connectivity index (χ0v) is 13.2. The van der Waals surface area contributed by atoms with E-state index in [4.69, 9.17) is 4.74 Å². The van der Waals surface area contributed by atoms with E-state index in [0.29, 0.717) is 0 Å². The molecule has 2 rings (SSSR count). The van der Waals surface area contributed by atoms with Crippen LogP contribution in [-0.2, 0) is 11.3 Å². The van der Waals surface area contributed by atoms with Crippen molar-refractivity contribution in [3.05, 3.63) is 18.5 Å². The second-order valence-electron chi connectivity index (χ2n) is 5.54. The Balaban J connectivity index is 1.55. The highest BCUT2D eigenvalue weighted by Crippen LogP contribution is 2.28. The summed E-state index contributed by atoms with van der Waals surface area (Å²) in [5.74, 6) is 1.75. The Morgan fingerprint density at radius 3 is 3.05 bits per heavy atom. The van der Waals surface area contributed by atoms with E-state index in [0.717, 1.165) is 51.1 Å². The Hall–Kier alpha value is -1.56. The first-order chi connectivity index (χ1) is 10.3. The molecule has 6 nitrogen and oxygen atoms in total. The van der Waals surface area contributed by atoms with Crippen LogP contribution < -0.4 is 5.32 Å². The average Bonchev–Trinajstić information content (AvgIpc) is 3.17. The summed E-state index contributed by atoms with van der Waals surface area (Å²) in [7, 11) is 3.86. The first kappa shape index (κ1) is 15.8. The molecule has 0 saturated heterocycles. The lowest BCUT2D eigenvalue weighted by Gasteiger charge is -2.22. The zero-order chi connectivity index (χ0) is 14.9. The minimum absolute atomic E-state index is 0.765. The summed E-state index contributed by atoms with van der Waals surface area (Å²) in [4.78, 5) is 6.41. The van der Waals surface area contributed by atoms with Crippen molar-refractivity contribution in [1.82, 2.24) is 20.0 Å². The highest BCUT2D eigenvalue weighted by Gasteiger charge is 2.21. The molecule has 0 spiro atoms. The van der Waals surface area contributed by atoms with Gasteiger partial charge in [-0.1, -0.05) is 0 Å². The predicted molar refractivity (Wildman–Crippen MR) is 84.4 cm³/mol. The molecule has 1 aliphatic carbocycles. The van der Waals surface area contributed by atoms with Crippen LogP contribution in [0.2, 0.25) is 0 Å². The Morgan fingerprint density at radius 1 is 1.52 bits per heavy atom. The van der Waals surface area contributed by atoms with Gasteiger partial charge in [-0.15, -0.1) is 0 Å². The van der Waals surface area contributed by atoms with Crippen molar-refractivity contribution in [1.29, 1.82) is 0 Å². The molecule has 0 unspecified atom stereocenters. The lowest BCUT2D eigenvalue weighted by atomic mass is 10.4. The summed E-state index contributed by atoms with van der Waals surface area (Å²) >= 11 is 0. The SMILES string of the molecule is CN=C(NCCCn1cccn1)N(C)CCOCC1CC1. The third-order valence-electron chi connectivity index (χ3n) is 3.60. The maximum absolute atomic E-state index is 5.66. The van der Waals surface area contributed by atoms with Crippen molar-refractivity contribution in [2.45, 2.75) is 25.8 Å². The predicted octanol–water partition coefficient (Wildman–Crippen LogP) is 1.21. The molecule has 1 aromatic heterocycles. The summed E-state index contributed by atoms with van der Waals surface area (Å²) in [6.45, 7) is 4.36. The second-order valence-corrected chi connectivity index (χ2v) is 5.54. The van der Waals surface area contributed by atoms with E-state index >= 15 is 0 Å². The summed E-state index contributed by atoms with van der Waals surface area (Å²) in [6, 6.07) is 1.95. The number of hydrogen-bond acceptors (Lipinski definition) is 3. The summed E-state index contributed by atoms with van der Waals surface area (Å²) in [6.07, 6.45) is 7.50. The zero-order valence-electron chi connectivity index (χ0n) is 13.2. The van der Waals surface area contributed by atoms with Crippen molar-refractivity contribution >= 4 is 5.96 Å². The Kier molecular flexibility index (Phi) is 6.53. The van der Waals surface area contributed by atoms with Crippen molar-refractivity contribution in [2.75, 3.05) is 40.4 Å². The molecule has 0 aromatic carbocycles. The molecule has 1 aliphatic rings. The first-order valence-electron chi connectivity index (χ1n) is 7.76. The standard InChI is InChI=1S/C15H27N5O/c1-16-15(17-7-3-9-20-10-4-8-18-20)19(2)11-12-21-13-14-5-6-14/h4,8,10,14H,3,5-7,9,11-13H2,1-2H3,(H,16,17). The maximum Gasteiger partial charge on any atom is 0.193 e. The molecule has 1 aromatic rings. The molecule has 0 bridgehead atoms. The van der Waals surface area contributed by atoms with Gasteiger partial charge in [-0.3, -0.25) is 9.67 Å². The lowest BCUT2D eigenvalue weighted by Crippen LogP contribution is -2.41. The van der Waals surface area contributed by atoms with Crippen LogP contribution in [0.25, 0.3) is 0 Å². The van der Waals surface area contributed by atoms with Crippen LogP contribution in [0.1, 0.15) is 19.3 Å². The molecule has 0 atom stereocenters. The topological polar surface area (TPSA) is 54.7 Å². The fraction of sp³-hybridized carbons (Fsp3) is 0.733. The van der Waals surface area contributed by atoms with Crippen LogP contribution in [-0.4, -0.2) is 61.0 Å². The summed E-state index contributed by atoms with van der Waals surface area (Å²) in [5.41, 5.74) is 0. The lowest BCUT2D eigenvalue weighted by molar-refractivity contribution is 0.115. The number of nitrogens with zero attached hydrogens (tertiary/aromatic N) is 4.